The SMILES string of the molecule is Cc1ccc(OCc2ncccc2F)cc1N1C=Nc2cccc(C(F)(F)F)c2C1. The molecule has 0 aliphatic carbocycles. The Labute approximate surface area is 170 Å². The maximum atomic E-state index is 13.7. The zero-order valence-corrected chi connectivity index (χ0v) is 15.9. The van der Waals surface area contributed by atoms with Crippen molar-refractivity contribution in [2.75, 3.05) is 4.90 Å². The number of alkyl halides is 3. The summed E-state index contributed by atoms with van der Waals surface area (Å²) in [5.41, 5.74) is 1.39. The Morgan fingerprint density at radius 1 is 1.10 bits per heavy atom. The van der Waals surface area contributed by atoms with Crippen molar-refractivity contribution >= 4 is 17.7 Å². The van der Waals surface area contributed by atoms with Crippen LogP contribution in [0.25, 0.3) is 0 Å². The van der Waals surface area contributed by atoms with Gasteiger partial charge in [-0.05, 0) is 42.8 Å². The number of ether oxygens (including phenoxy) is 1. The van der Waals surface area contributed by atoms with Crippen molar-refractivity contribution < 1.29 is 22.3 Å². The average Bonchev–Trinajstić information content (AvgIpc) is 2.72. The zero-order valence-electron chi connectivity index (χ0n) is 15.9. The van der Waals surface area contributed by atoms with Gasteiger partial charge in [0, 0.05) is 23.5 Å². The van der Waals surface area contributed by atoms with Crippen LogP contribution in [0.1, 0.15) is 22.4 Å². The number of rotatable bonds is 4. The molecule has 8 heteroatoms. The molecule has 30 heavy (non-hydrogen) atoms. The van der Waals surface area contributed by atoms with Gasteiger partial charge in [0.1, 0.15) is 23.9 Å². The lowest BCUT2D eigenvalue weighted by Gasteiger charge is -2.28. The van der Waals surface area contributed by atoms with Crippen LogP contribution in [0, 0.1) is 12.7 Å². The third kappa shape index (κ3) is 3.98. The Kier molecular flexibility index (Phi) is 5.15. The lowest BCUT2D eigenvalue weighted by Crippen LogP contribution is -2.26. The van der Waals surface area contributed by atoms with E-state index in [9.17, 15) is 17.6 Å². The number of hydrogen-bond acceptors (Lipinski definition) is 4. The molecule has 0 atom stereocenters. The minimum absolute atomic E-state index is 0.0215. The number of anilines is 1. The third-order valence-corrected chi connectivity index (χ3v) is 4.82. The quantitative estimate of drug-likeness (QED) is 0.505. The molecule has 2 heterocycles. The number of hydrogen-bond donors (Lipinski definition) is 0. The van der Waals surface area contributed by atoms with Crippen LogP contribution in [0.3, 0.4) is 0 Å². The first-order valence-corrected chi connectivity index (χ1v) is 9.15. The van der Waals surface area contributed by atoms with E-state index < -0.39 is 17.6 Å². The molecule has 4 rings (SSSR count). The van der Waals surface area contributed by atoms with Gasteiger partial charge >= 0.3 is 6.18 Å². The first-order chi connectivity index (χ1) is 14.3. The first kappa shape index (κ1) is 19.9. The molecule has 0 amide bonds. The van der Waals surface area contributed by atoms with Gasteiger partial charge in [-0.2, -0.15) is 13.2 Å². The molecule has 2 aromatic carbocycles. The van der Waals surface area contributed by atoms with Crippen LogP contribution in [-0.4, -0.2) is 11.3 Å². The Morgan fingerprint density at radius 2 is 1.93 bits per heavy atom. The normalized spacial score (nSPS) is 13.3. The van der Waals surface area contributed by atoms with Crippen molar-refractivity contribution in [3.63, 3.8) is 0 Å². The summed E-state index contributed by atoms with van der Waals surface area (Å²) in [6.07, 6.45) is -1.48. The van der Waals surface area contributed by atoms with Gasteiger partial charge in [0.15, 0.2) is 0 Å². The van der Waals surface area contributed by atoms with E-state index in [-0.39, 0.29) is 24.4 Å². The molecule has 4 nitrogen and oxygen atoms in total. The van der Waals surface area contributed by atoms with Crippen molar-refractivity contribution in [2.45, 2.75) is 26.3 Å². The smallest absolute Gasteiger partial charge is 0.416 e. The van der Waals surface area contributed by atoms with Gasteiger partial charge in [0.25, 0.3) is 0 Å². The maximum Gasteiger partial charge on any atom is 0.416 e. The summed E-state index contributed by atoms with van der Waals surface area (Å²) in [6.45, 7) is 1.80. The number of pyridine rings is 1. The van der Waals surface area contributed by atoms with E-state index in [4.69, 9.17) is 4.74 Å². The fourth-order valence-corrected chi connectivity index (χ4v) is 3.28. The molecule has 0 spiro atoms. The highest BCUT2D eigenvalue weighted by Gasteiger charge is 2.35. The highest BCUT2D eigenvalue weighted by atomic mass is 19.4. The average molecular weight is 415 g/mol. The summed E-state index contributed by atoms with van der Waals surface area (Å²) in [6, 6.07) is 12.0. The Balaban J connectivity index is 1.60. The van der Waals surface area contributed by atoms with Crippen LogP contribution in [0.15, 0.2) is 59.7 Å². The van der Waals surface area contributed by atoms with Crippen LogP contribution in [0.5, 0.6) is 5.75 Å². The summed E-state index contributed by atoms with van der Waals surface area (Å²) in [5.74, 6) is -0.0201. The predicted molar refractivity (Wildman–Crippen MR) is 105 cm³/mol. The number of nitrogens with zero attached hydrogens (tertiary/aromatic N) is 3. The van der Waals surface area contributed by atoms with Crippen LogP contribution in [-0.2, 0) is 19.3 Å². The van der Waals surface area contributed by atoms with Crippen LogP contribution >= 0.6 is 0 Å². The minimum atomic E-state index is -4.46. The fraction of sp³-hybridized carbons (Fsp3) is 0.182. The molecule has 0 radical (unpaired) electrons. The van der Waals surface area contributed by atoms with E-state index in [1.54, 1.807) is 29.2 Å². The number of fused-ring (bicyclic) bond motifs is 1. The lowest BCUT2D eigenvalue weighted by molar-refractivity contribution is -0.138. The monoisotopic (exact) mass is 415 g/mol. The molecule has 0 N–H and O–H groups in total. The van der Waals surface area contributed by atoms with Crippen LogP contribution in [0.2, 0.25) is 0 Å². The van der Waals surface area contributed by atoms with Gasteiger partial charge in [0.2, 0.25) is 0 Å². The van der Waals surface area contributed by atoms with Gasteiger partial charge in [-0.3, -0.25) is 4.98 Å². The summed E-state index contributed by atoms with van der Waals surface area (Å²) in [4.78, 5) is 9.78. The second-order valence-corrected chi connectivity index (χ2v) is 6.84. The lowest BCUT2D eigenvalue weighted by atomic mass is 10.0. The second-order valence-electron chi connectivity index (χ2n) is 6.84. The third-order valence-electron chi connectivity index (χ3n) is 4.82. The fourth-order valence-electron chi connectivity index (χ4n) is 3.28. The van der Waals surface area contributed by atoms with Gasteiger partial charge in [0.05, 0.1) is 24.1 Å². The van der Waals surface area contributed by atoms with E-state index in [0.29, 0.717) is 17.1 Å². The second kappa shape index (κ2) is 7.78. The highest BCUT2D eigenvalue weighted by Crippen LogP contribution is 2.39. The standard InChI is InChI=1S/C22H17F4N3O/c1-14-7-8-15(30-12-20-18(23)5-3-9-27-20)10-21(14)29-11-16-17(22(24,25)26)4-2-6-19(16)28-13-29/h2-10,13H,11-12H2,1H3. The van der Waals surface area contributed by atoms with Crippen LogP contribution < -0.4 is 9.64 Å². The highest BCUT2D eigenvalue weighted by molar-refractivity contribution is 5.86. The molecule has 0 fully saturated rings. The zero-order chi connectivity index (χ0) is 21.3. The van der Waals surface area contributed by atoms with E-state index in [2.05, 4.69) is 9.98 Å². The number of halogens is 4. The topological polar surface area (TPSA) is 37.7 Å². The molecule has 1 aromatic heterocycles. The summed E-state index contributed by atoms with van der Waals surface area (Å²) in [5, 5.41) is 0. The van der Waals surface area contributed by atoms with Crippen molar-refractivity contribution in [2.24, 2.45) is 4.99 Å². The van der Waals surface area contributed by atoms with Gasteiger partial charge in [-0.15, -0.1) is 0 Å². The molecule has 154 valence electrons. The number of aromatic nitrogens is 1. The molecule has 3 aromatic rings. The summed E-state index contributed by atoms with van der Waals surface area (Å²) >= 11 is 0. The van der Waals surface area contributed by atoms with Gasteiger partial charge in [-0.25, -0.2) is 9.38 Å². The van der Waals surface area contributed by atoms with Crippen molar-refractivity contribution in [1.82, 2.24) is 4.98 Å². The number of benzene rings is 2. The molecule has 0 unspecified atom stereocenters. The Morgan fingerprint density at radius 3 is 2.70 bits per heavy atom. The minimum Gasteiger partial charge on any atom is -0.487 e. The largest absolute Gasteiger partial charge is 0.487 e. The predicted octanol–water partition coefficient (Wildman–Crippen LogP) is 5.81. The van der Waals surface area contributed by atoms with Gasteiger partial charge < -0.3 is 9.64 Å². The molecular weight excluding hydrogens is 398 g/mol. The maximum absolute atomic E-state index is 13.7. The molecule has 0 saturated heterocycles. The van der Waals surface area contributed by atoms with Gasteiger partial charge in [-0.1, -0.05) is 12.1 Å². The number of aryl methyl sites for hydroxylation is 1. The van der Waals surface area contributed by atoms with E-state index >= 15 is 0 Å². The Hall–Kier alpha value is -3.42. The molecule has 0 saturated carbocycles. The summed E-state index contributed by atoms with van der Waals surface area (Å²) < 4.78 is 59.6. The van der Waals surface area contributed by atoms with Crippen molar-refractivity contribution in [3.05, 3.63) is 82.9 Å². The first-order valence-electron chi connectivity index (χ1n) is 9.15. The van der Waals surface area contributed by atoms with E-state index in [0.717, 1.165) is 11.6 Å². The number of aliphatic imine (C=N–C) groups is 1. The molecule has 1 aliphatic heterocycles. The Bertz CT molecular complexity index is 1110. The summed E-state index contributed by atoms with van der Waals surface area (Å²) in [7, 11) is 0. The molecular formula is C22H17F4N3O. The van der Waals surface area contributed by atoms with E-state index in [1.165, 1.54) is 30.7 Å². The van der Waals surface area contributed by atoms with Crippen LogP contribution in [0.4, 0.5) is 28.9 Å². The molecule has 0 bridgehead atoms. The van der Waals surface area contributed by atoms with Crippen molar-refractivity contribution in [3.8, 4) is 5.75 Å². The van der Waals surface area contributed by atoms with Crippen molar-refractivity contribution in [1.29, 1.82) is 0 Å². The van der Waals surface area contributed by atoms with E-state index in [1.807, 2.05) is 6.92 Å². The molecule has 1 aliphatic rings.